The molecular formula is C12H8F2O3. The van der Waals surface area contributed by atoms with Gasteiger partial charge < -0.3 is 9.15 Å². The third kappa shape index (κ3) is 2.04. The van der Waals surface area contributed by atoms with E-state index in [1.54, 1.807) is 0 Å². The second kappa shape index (κ2) is 4.37. The number of carbonyl (C=O) groups excluding carboxylic acids is 1. The van der Waals surface area contributed by atoms with Crippen molar-refractivity contribution in [2.45, 2.75) is 0 Å². The van der Waals surface area contributed by atoms with Gasteiger partial charge in [0.25, 0.3) is 0 Å². The normalized spacial score (nSPS) is 10.3. The number of rotatable bonds is 3. The number of methoxy groups -OCH3 is 1. The van der Waals surface area contributed by atoms with Crippen molar-refractivity contribution in [3.63, 3.8) is 0 Å². The van der Waals surface area contributed by atoms with Crippen LogP contribution in [0.5, 0.6) is 5.75 Å². The number of aldehydes is 1. The number of ether oxygens (including phenoxy) is 1. The summed E-state index contributed by atoms with van der Waals surface area (Å²) in [5.41, 5.74) is -0.320. The first-order valence-corrected chi connectivity index (χ1v) is 4.74. The van der Waals surface area contributed by atoms with Gasteiger partial charge in [-0.25, -0.2) is 8.78 Å². The molecule has 0 amide bonds. The molecule has 0 saturated carbocycles. The van der Waals surface area contributed by atoms with Gasteiger partial charge in [-0.3, -0.25) is 4.79 Å². The highest BCUT2D eigenvalue weighted by atomic mass is 19.1. The molecular weight excluding hydrogens is 230 g/mol. The molecule has 2 aromatic rings. The molecule has 2 rings (SSSR count). The van der Waals surface area contributed by atoms with Gasteiger partial charge in [0, 0.05) is 12.1 Å². The van der Waals surface area contributed by atoms with Gasteiger partial charge in [-0.15, -0.1) is 0 Å². The van der Waals surface area contributed by atoms with Crippen molar-refractivity contribution in [1.29, 1.82) is 0 Å². The minimum absolute atomic E-state index is 0.00891. The van der Waals surface area contributed by atoms with Crippen molar-refractivity contribution in [3.05, 3.63) is 41.7 Å². The van der Waals surface area contributed by atoms with Crippen LogP contribution in [-0.2, 0) is 0 Å². The number of carbonyl (C=O) groups is 1. The molecule has 0 atom stereocenters. The lowest BCUT2D eigenvalue weighted by Gasteiger charge is -2.05. The minimum Gasteiger partial charge on any atom is -0.497 e. The Morgan fingerprint density at radius 2 is 1.88 bits per heavy atom. The van der Waals surface area contributed by atoms with Crippen LogP contribution in [-0.4, -0.2) is 13.4 Å². The average Bonchev–Trinajstić information content (AvgIpc) is 2.76. The van der Waals surface area contributed by atoms with Crippen LogP contribution >= 0.6 is 0 Å². The van der Waals surface area contributed by atoms with Crippen LogP contribution in [0.2, 0.25) is 0 Å². The Morgan fingerprint density at radius 1 is 1.24 bits per heavy atom. The fraction of sp³-hybridized carbons (Fsp3) is 0.0833. The molecule has 0 radical (unpaired) electrons. The maximum Gasteiger partial charge on any atom is 0.185 e. The number of hydrogen-bond donors (Lipinski definition) is 0. The van der Waals surface area contributed by atoms with E-state index in [-0.39, 0.29) is 22.8 Å². The molecule has 0 spiro atoms. The number of furan rings is 1. The Labute approximate surface area is 95.6 Å². The summed E-state index contributed by atoms with van der Waals surface area (Å²) < 4.78 is 36.9. The maximum absolute atomic E-state index is 13.6. The summed E-state index contributed by atoms with van der Waals surface area (Å²) in [6, 6.07) is 4.76. The van der Waals surface area contributed by atoms with Gasteiger partial charge in [0.05, 0.1) is 12.7 Å². The fourth-order valence-electron chi connectivity index (χ4n) is 1.45. The zero-order valence-electron chi connectivity index (χ0n) is 8.87. The smallest absolute Gasteiger partial charge is 0.185 e. The Morgan fingerprint density at radius 3 is 2.35 bits per heavy atom. The topological polar surface area (TPSA) is 39.4 Å². The predicted molar refractivity (Wildman–Crippen MR) is 56.0 cm³/mol. The Bertz CT molecular complexity index is 538. The molecule has 3 nitrogen and oxygen atoms in total. The highest BCUT2D eigenvalue weighted by molar-refractivity contribution is 5.73. The first-order valence-electron chi connectivity index (χ1n) is 4.74. The van der Waals surface area contributed by atoms with Crippen LogP contribution in [0.15, 0.2) is 28.7 Å². The third-order valence-electron chi connectivity index (χ3n) is 2.24. The van der Waals surface area contributed by atoms with Crippen molar-refractivity contribution < 1.29 is 22.7 Å². The second-order valence-electron chi connectivity index (χ2n) is 3.29. The van der Waals surface area contributed by atoms with Gasteiger partial charge >= 0.3 is 0 Å². The van der Waals surface area contributed by atoms with Crippen LogP contribution in [0.4, 0.5) is 8.78 Å². The van der Waals surface area contributed by atoms with Gasteiger partial charge in [0.1, 0.15) is 23.1 Å². The molecule has 0 fully saturated rings. The van der Waals surface area contributed by atoms with E-state index >= 15 is 0 Å². The first kappa shape index (κ1) is 11.3. The summed E-state index contributed by atoms with van der Waals surface area (Å²) in [5, 5.41) is 0. The summed E-state index contributed by atoms with van der Waals surface area (Å²) in [4.78, 5) is 10.4. The molecule has 0 aliphatic carbocycles. The number of hydrogen-bond acceptors (Lipinski definition) is 3. The molecule has 0 bridgehead atoms. The zero-order valence-corrected chi connectivity index (χ0v) is 8.87. The van der Waals surface area contributed by atoms with Gasteiger partial charge in [-0.05, 0) is 12.1 Å². The van der Waals surface area contributed by atoms with E-state index in [1.807, 2.05) is 0 Å². The molecule has 0 unspecified atom stereocenters. The van der Waals surface area contributed by atoms with E-state index in [0.29, 0.717) is 6.29 Å². The van der Waals surface area contributed by atoms with Crippen molar-refractivity contribution in [2.24, 2.45) is 0 Å². The number of halogens is 2. The molecule has 0 aliphatic heterocycles. The highest BCUT2D eigenvalue weighted by Gasteiger charge is 2.16. The molecule has 1 aromatic carbocycles. The van der Waals surface area contributed by atoms with E-state index in [0.717, 1.165) is 12.1 Å². The van der Waals surface area contributed by atoms with Crippen LogP contribution in [0.3, 0.4) is 0 Å². The Hall–Kier alpha value is -2.17. The van der Waals surface area contributed by atoms with E-state index in [2.05, 4.69) is 0 Å². The SMILES string of the molecule is COc1cc(F)c(-c2ccc(C=O)o2)c(F)c1. The summed E-state index contributed by atoms with van der Waals surface area (Å²) in [7, 11) is 1.31. The maximum atomic E-state index is 13.6. The molecule has 5 heteroatoms. The molecule has 0 aliphatic rings. The van der Waals surface area contributed by atoms with Crippen molar-refractivity contribution in [2.75, 3.05) is 7.11 Å². The number of benzene rings is 1. The Balaban J connectivity index is 2.55. The van der Waals surface area contributed by atoms with Gasteiger partial charge in [0.2, 0.25) is 0 Å². The van der Waals surface area contributed by atoms with E-state index < -0.39 is 11.6 Å². The standard InChI is InChI=1S/C12H8F2O3/c1-16-8-4-9(13)12(10(14)5-8)11-3-2-7(6-15)17-11/h2-6H,1H3. The second-order valence-corrected chi connectivity index (χ2v) is 3.29. The van der Waals surface area contributed by atoms with Gasteiger partial charge in [-0.1, -0.05) is 0 Å². The fourth-order valence-corrected chi connectivity index (χ4v) is 1.45. The largest absolute Gasteiger partial charge is 0.497 e. The third-order valence-corrected chi connectivity index (χ3v) is 2.24. The summed E-state index contributed by atoms with van der Waals surface area (Å²) in [6.07, 6.45) is 0.461. The van der Waals surface area contributed by atoms with Gasteiger partial charge in [-0.2, -0.15) is 0 Å². The van der Waals surface area contributed by atoms with Crippen LogP contribution in [0.1, 0.15) is 10.6 Å². The first-order chi connectivity index (χ1) is 8.15. The van der Waals surface area contributed by atoms with E-state index in [9.17, 15) is 13.6 Å². The van der Waals surface area contributed by atoms with E-state index in [4.69, 9.17) is 9.15 Å². The molecule has 1 heterocycles. The summed E-state index contributed by atoms with van der Waals surface area (Å²) in [5.74, 6) is -1.58. The molecule has 17 heavy (non-hydrogen) atoms. The highest BCUT2D eigenvalue weighted by Crippen LogP contribution is 2.30. The molecule has 88 valence electrons. The summed E-state index contributed by atoms with van der Waals surface area (Å²) >= 11 is 0. The molecule has 0 N–H and O–H groups in total. The van der Waals surface area contributed by atoms with Crippen LogP contribution < -0.4 is 4.74 Å². The van der Waals surface area contributed by atoms with Crippen LogP contribution in [0, 0.1) is 11.6 Å². The minimum atomic E-state index is -0.811. The molecule has 1 aromatic heterocycles. The lowest BCUT2D eigenvalue weighted by atomic mass is 10.1. The average molecular weight is 238 g/mol. The quantitative estimate of drug-likeness (QED) is 0.771. The lowest BCUT2D eigenvalue weighted by molar-refractivity contribution is 0.110. The Kier molecular flexibility index (Phi) is 2.91. The monoisotopic (exact) mass is 238 g/mol. The van der Waals surface area contributed by atoms with E-state index in [1.165, 1.54) is 19.2 Å². The summed E-state index contributed by atoms with van der Waals surface area (Å²) in [6.45, 7) is 0. The van der Waals surface area contributed by atoms with Crippen LogP contribution in [0.25, 0.3) is 11.3 Å². The van der Waals surface area contributed by atoms with Crippen molar-refractivity contribution >= 4 is 6.29 Å². The lowest BCUT2D eigenvalue weighted by Crippen LogP contribution is -1.92. The predicted octanol–water partition coefficient (Wildman–Crippen LogP) is 3.05. The molecule has 0 saturated heterocycles. The van der Waals surface area contributed by atoms with Crippen molar-refractivity contribution in [1.82, 2.24) is 0 Å². The van der Waals surface area contributed by atoms with Gasteiger partial charge in [0.15, 0.2) is 12.0 Å². The zero-order chi connectivity index (χ0) is 12.4. The van der Waals surface area contributed by atoms with Crippen molar-refractivity contribution in [3.8, 4) is 17.1 Å².